The van der Waals surface area contributed by atoms with Crippen LogP contribution in [0.25, 0.3) is 0 Å². The van der Waals surface area contributed by atoms with Crippen LogP contribution in [-0.2, 0) is 0 Å². The Kier molecular flexibility index (Phi) is 3.00. The van der Waals surface area contributed by atoms with E-state index in [2.05, 4.69) is 15.9 Å². The van der Waals surface area contributed by atoms with Crippen LogP contribution in [0, 0.1) is 0 Å². The van der Waals surface area contributed by atoms with Gasteiger partial charge in [0.1, 0.15) is 5.75 Å². The van der Waals surface area contributed by atoms with Crippen LogP contribution in [0.2, 0.25) is 5.02 Å². The first-order valence-electron chi connectivity index (χ1n) is 4.56. The monoisotopic (exact) mass is 275 g/mol. The predicted molar refractivity (Wildman–Crippen MR) is 60.8 cm³/mol. The average Bonchev–Trinajstić information content (AvgIpc) is 2.29. The third-order valence-electron chi connectivity index (χ3n) is 2.34. The van der Waals surface area contributed by atoms with Gasteiger partial charge in [0, 0.05) is 16.1 Å². The highest BCUT2D eigenvalue weighted by atomic mass is 79.9. The van der Waals surface area contributed by atoms with Crippen molar-refractivity contribution in [1.29, 1.82) is 0 Å². The second-order valence-corrected chi connectivity index (χ2v) is 4.73. The zero-order valence-corrected chi connectivity index (χ0v) is 9.94. The lowest BCUT2D eigenvalue weighted by molar-refractivity contribution is 0.316. The van der Waals surface area contributed by atoms with Crippen molar-refractivity contribution in [2.75, 3.05) is 6.61 Å². The van der Waals surface area contributed by atoms with Crippen LogP contribution in [0.3, 0.4) is 0 Å². The van der Waals surface area contributed by atoms with Crippen LogP contribution < -0.4 is 10.5 Å². The molecule has 14 heavy (non-hydrogen) atoms. The van der Waals surface area contributed by atoms with Gasteiger partial charge in [-0.2, -0.15) is 0 Å². The molecule has 0 spiro atoms. The van der Waals surface area contributed by atoms with Gasteiger partial charge in [-0.15, -0.1) is 0 Å². The van der Waals surface area contributed by atoms with Crippen LogP contribution in [0.1, 0.15) is 24.4 Å². The van der Waals surface area contributed by atoms with Gasteiger partial charge in [0.05, 0.1) is 11.6 Å². The molecular weight excluding hydrogens is 265 g/mol. The number of rotatable bonds is 0. The summed E-state index contributed by atoms with van der Waals surface area (Å²) < 4.78 is 6.52. The van der Waals surface area contributed by atoms with E-state index in [0.717, 1.165) is 28.6 Å². The Morgan fingerprint density at radius 2 is 2.29 bits per heavy atom. The maximum Gasteiger partial charge on any atom is 0.142 e. The van der Waals surface area contributed by atoms with E-state index in [9.17, 15) is 0 Å². The molecule has 2 nitrogen and oxygen atoms in total. The van der Waals surface area contributed by atoms with Gasteiger partial charge in [0.2, 0.25) is 0 Å². The highest BCUT2D eigenvalue weighted by Crippen LogP contribution is 2.38. The SMILES string of the molecule is N[C@H]1CCCOc2c(Cl)cc(Br)cc21. The second kappa shape index (κ2) is 4.09. The molecule has 0 bridgehead atoms. The normalized spacial score (nSPS) is 20.9. The van der Waals surface area contributed by atoms with Gasteiger partial charge in [-0.05, 0) is 25.0 Å². The molecule has 76 valence electrons. The summed E-state index contributed by atoms with van der Waals surface area (Å²) in [5.74, 6) is 0.750. The molecule has 0 unspecified atom stereocenters. The molecule has 0 saturated heterocycles. The quantitative estimate of drug-likeness (QED) is 0.789. The third kappa shape index (κ3) is 1.90. The third-order valence-corrected chi connectivity index (χ3v) is 3.08. The van der Waals surface area contributed by atoms with Crippen molar-refractivity contribution >= 4 is 27.5 Å². The van der Waals surface area contributed by atoms with Gasteiger partial charge in [-0.25, -0.2) is 0 Å². The lowest BCUT2D eigenvalue weighted by Crippen LogP contribution is -2.09. The molecule has 0 fully saturated rings. The van der Waals surface area contributed by atoms with Crippen LogP contribution in [-0.4, -0.2) is 6.61 Å². The fourth-order valence-corrected chi connectivity index (χ4v) is 2.53. The first-order valence-corrected chi connectivity index (χ1v) is 5.73. The Bertz CT molecular complexity index is 356. The van der Waals surface area contributed by atoms with E-state index in [4.69, 9.17) is 22.1 Å². The maximum absolute atomic E-state index is 6.07. The molecular formula is C10H11BrClNO. The van der Waals surface area contributed by atoms with Crippen molar-refractivity contribution in [3.63, 3.8) is 0 Å². The van der Waals surface area contributed by atoms with Crippen molar-refractivity contribution in [2.24, 2.45) is 5.73 Å². The van der Waals surface area contributed by atoms with Crippen LogP contribution in [0.5, 0.6) is 5.75 Å². The summed E-state index contributed by atoms with van der Waals surface area (Å²) >= 11 is 9.47. The van der Waals surface area contributed by atoms with Crippen LogP contribution in [0.4, 0.5) is 0 Å². The smallest absolute Gasteiger partial charge is 0.142 e. The van der Waals surface area contributed by atoms with E-state index in [-0.39, 0.29) is 6.04 Å². The Morgan fingerprint density at radius 1 is 1.50 bits per heavy atom. The molecule has 1 atom stereocenters. The molecule has 1 aromatic rings. The van der Waals surface area contributed by atoms with E-state index in [0.29, 0.717) is 11.6 Å². The van der Waals surface area contributed by atoms with E-state index >= 15 is 0 Å². The average molecular weight is 277 g/mol. The van der Waals surface area contributed by atoms with E-state index < -0.39 is 0 Å². The Balaban J connectivity index is 2.53. The molecule has 0 saturated carbocycles. The summed E-state index contributed by atoms with van der Waals surface area (Å²) in [7, 11) is 0. The summed E-state index contributed by atoms with van der Waals surface area (Å²) in [6.07, 6.45) is 1.92. The summed E-state index contributed by atoms with van der Waals surface area (Å²) in [4.78, 5) is 0. The summed E-state index contributed by atoms with van der Waals surface area (Å²) in [6, 6.07) is 3.85. The minimum Gasteiger partial charge on any atom is -0.492 e. The standard InChI is InChI=1S/C10H11BrClNO/c11-6-4-7-9(13)2-1-3-14-10(7)8(12)5-6/h4-5,9H,1-3,13H2/t9-/m0/s1. The molecule has 1 aromatic carbocycles. The maximum atomic E-state index is 6.07. The van der Waals surface area contributed by atoms with Gasteiger partial charge < -0.3 is 10.5 Å². The van der Waals surface area contributed by atoms with E-state index in [1.54, 1.807) is 0 Å². The topological polar surface area (TPSA) is 35.2 Å². The molecule has 1 aliphatic heterocycles. The Hall–Kier alpha value is -0.250. The number of benzene rings is 1. The molecule has 0 aliphatic carbocycles. The molecule has 0 amide bonds. The molecule has 2 rings (SSSR count). The van der Waals surface area contributed by atoms with Crippen molar-refractivity contribution in [3.05, 3.63) is 27.2 Å². The largest absolute Gasteiger partial charge is 0.492 e. The lowest BCUT2D eigenvalue weighted by Gasteiger charge is -2.13. The molecule has 2 N–H and O–H groups in total. The Morgan fingerprint density at radius 3 is 3.07 bits per heavy atom. The van der Waals surface area contributed by atoms with Crippen LogP contribution in [0.15, 0.2) is 16.6 Å². The highest BCUT2D eigenvalue weighted by Gasteiger charge is 2.19. The summed E-state index contributed by atoms with van der Waals surface area (Å²) in [5, 5.41) is 0.631. The summed E-state index contributed by atoms with van der Waals surface area (Å²) in [6.45, 7) is 0.696. The molecule has 4 heteroatoms. The van der Waals surface area contributed by atoms with E-state index in [1.165, 1.54) is 0 Å². The minimum absolute atomic E-state index is 0.0301. The molecule has 0 aromatic heterocycles. The van der Waals surface area contributed by atoms with Gasteiger partial charge in [-0.1, -0.05) is 27.5 Å². The fraction of sp³-hybridized carbons (Fsp3) is 0.400. The van der Waals surface area contributed by atoms with Crippen LogP contribution >= 0.6 is 27.5 Å². The highest BCUT2D eigenvalue weighted by molar-refractivity contribution is 9.10. The predicted octanol–water partition coefficient (Wildman–Crippen LogP) is 3.27. The van der Waals surface area contributed by atoms with Gasteiger partial charge >= 0.3 is 0 Å². The zero-order chi connectivity index (χ0) is 10.1. The Labute approximate surface area is 96.5 Å². The van der Waals surface area contributed by atoms with Crippen molar-refractivity contribution in [2.45, 2.75) is 18.9 Å². The second-order valence-electron chi connectivity index (χ2n) is 3.40. The van der Waals surface area contributed by atoms with Gasteiger partial charge in [-0.3, -0.25) is 0 Å². The number of halogens is 2. The summed E-state index contributed by atoms with van der Waals surface area (Å²) in [5.41, 5.74) is 7.03. The molecule has 1 heterocycles. The van der Waals surface area contributed by atoms with Crippen molar-refractivity contribution in [1.82, 2.24) is 0 Å². The lowest BCUT2D eigenvalue weighted by atomic mass is 10.0. The fourth-order valence-electron chi connectivity index (χ4n) is 1.64. The molecule has 0 radical (unpaired) electrons. The molecule has 1 aliphatic rings. The van der Waals surface area contributed by atoms with Crippen molar-refractivity contribution in [3.8, 4) is 5.75 Å². The zero-order valence-electron chi connectivity index (χ0n) is 7.59. The first kappa shape index (κ1) is 10.3. The minimum atomic E-state index is 0.0301. The number of ether oxygens (including phenoxy) is 1. The van der Waals surface area contributed by atoms with E-state index in [1.807, 2.05) is 12.1 Å². The van der Waals surface area contributed by atoms with Gasteiger partial charge in [0.15, 0.2) is 0 Å². The number of hydrogen-bond acceptors (Lipinski definition) is 2. The number of fused-ring (bicyclic) bond motifs is 1. The van der Waals surface area contributed by atoms with Gasteiger partial charge in [0.25, 0.3) is 0 Å². The van der Waals surface area contributed by atoms with Crippen molar-refractivity contribution < 1.29 is 4.74 Å². The first-order chi connectivity index (χ1) is 6.68. The number of hydrogen-bond donors (Lipinski definition) is 1. The number of nitrogens with two attached hydrogens (primary N) is 1.